The average molecular weight is 509 g/mol. The zero-order valence-corrected chi connectivity index (χ0v) is 21.9. The third kappa shape index (κ3) is 6.10. The van der Waals surface area contributed by atoms with E-state index in [4.69, 9.17) is 26.0 Å². The minimum absolute atomic E-state index is 0.0931. The van der Waals surface area contributed by atoms with Crippen LogP contribution >= 0.6 is 11.6 Å². The molecule has 0 aliphatic heterocycles. The number of nitrogens with zero attached hydrogens (tertiary/aromatic N) is 3. The molecule has 1 fully saturated rings. The largest absolute Gasteiger partial charge is 0.493 e. The number of halogens is 1. The monoisotopic (exact) mass is 508 g/mol. The predicted molar refractivity (Wildman–Crippen MR) is 139 cm³/mol. The molecule has 0 bridgehead atoms. The number of rotatable bonds is 10. The van der Waals surface area contributed by atoms with Crippen molar-refractivity contribution in [2.24, 2.45) is 5.92 Å². The SMILES string of the molecule is C[N+](C)(CCCOc1ccc(C#N)c(Cl)c1)Cc1cnc([C@](O)(c2ccccc2)C2CCCCC2)o1. The maximum absolute atomic E-state index is 12.0. The lowest BCUT2D eigenvalue weighted by Gasteiger charge is -2.36. The fourth-order valence-electron chi connectivity index (χ4n) is 5.16. The molecule has 0 unspecified atom stereocenters. The summed E-state index contributed by atoms with van der Waals surface area (Å²) < 4.78 is 12.8. The van der Waals surface area contributed by atoms with E-state index in [0.29, 0.717) is 39.9 Å². The van der Waals surface area contributed by atoms with E-state index in [2.05, 4.69) is 25.1 Å². The van der Waals surface area contributed by atoms with Gasteiger partial charge in [0.1, 0.15) is 18.4 Å². The molecule has 0 spiro atoms. The molecule has 7 heteroatoms. The molecule has 1 aliphatic carbocycles. The first-order valence-electron chi connectivity index (χ1n) is 12.7. The van der Waals surface area contributed by atoms with Gasteiger partial charge >= 0.3 is 0 Å². The number of aliphatic hydroxyl groups is 1. The normalized spacial score (nSPS) is 16.3. The van der Waals surface area contributed by atoms with Crippen LogP contribution in [0.5, 0.6) is 5.75 Å². The van der Waals surface area contributed by atoms with Crippen LogP contribution in [0.25, 0.3) is 0 Å². The standard InChI is InChI=1S/C29H35ClN3O3/c1-33(2,16-9-17-35-25-15-14-22(19-31)27(30)18-25)21-26-20-32-28(36-26)29(34,23-10-5-3-6-11-23)24-12-7-4-8-13-24/h3,5-6,10-11,14-15,18,20,24,34H,4,7-9,12-13,16-17,21H2,1-2H3/q+1/t29-/m0/s1. The summed E-state index contributed by atoms with van der Waals surface area (Å²) in [4.78, 5) is 4.60. The number of hydrogen-bond donors (Lipinski definition) is 1. The van der Waals surface area contributed by atoms with E-state index in [1.54, 1.807) is 24.4 Å². The summed E-state index contributed by atoms with van der Waals surface area (Å²) in [5.74, 6) is 1.92. The quantitative estimate of drug-likeness (QED) is 0.266. The number of aromatic nitrogens is 1. The fraction of sp³-hybridized carbons (Fsp3) is 0.448. The Bertz CT molecular complexity index is 1180. The molecule has 4 rings (SSSR count). The molecule has 0 saturated heterocycles. The summed E-state index contributed by atoms with van der Waals surface area (Å²) in [6, 6.07) is 17.0. The Morgan fingerprint density at radius 1 is 1.17 bits per heavy atom. The van der Waals surface area contributed by atoms with Crippen LogP contribution in [0, 0.1) is 17.2 Å². The van der Waals surface area contributed by atoms with Crippen LogP contribution < -0.4 is 4.74 Å². The van der Waals surface area contributed by atoms with E-state index < -0.39 is 5.60 Å². The number of nitriles is 1. The van der Waals surface area contributed by atoms with Crippen LogP contribution in [-0.4, -0.2) is 41.8 Å². The Hall–Kier alpha value is -2.85. The highest BCUT2D eigenvalue weighted by Crippen LogP contribution is 2.43. The van der Waals surface area contributed by atoms with Gasteiger partial charge in [-0.25, -0.2) is 4.98 Å². The molecule has 36 heavy (non-hydrogen) atoms. The van der Waals surface area contributed by atoms with Crippen molar-refractivity contribution in [2.45, 2.75) is 50.7 Å². The lowest BCUT2D eigenvalue weighted by atomic mass is 9.73. The van der Waals surface area contributed by atoms with E-state index in [9.17, 15) is 5.11 Å². The van der Waals surface area contributed by atoms with Gasteiger partial charge in [0, 0.05) is 18.4 Å². The minimum atomic E-state index is -1.21. The molecule has 0 radical (unpaired) electrons. The van der Waals surface area contributed by atoms with Gasteiger partial charge in [-0.1, -0.05) is 61.2 Å². The lowest BCUT2D eigenvalue weighted by molar-refractivity contribution is -0.904. The van der Waals surface area contributed by atoms with Gasteiger partial charge < -0.3 is 18.7 Å². The minimum Gasteiger partial charge on any atom is -0.493 e. The molecule has 190 valence electrons. The van der Waals surface area contributed by atoms with E-state index in [0.717, 1.165) is 50.0 Å². The van der Waals surface area contributed by atoms with Crippen LogP contribution in [-0.2, 0) is 12.1 Å². The van der Waals surface area contributed by atoms with Gasteiger partial charge in [0.05, 0.1) is 44.0 Å². The molecule has 1 heterocycles. The Balaban J connectivity index is 1.39. The second-order valence-corrected chi connectivity index (χ2v) is 10.8. The Kier molecular flexibility index (Phi) is 8.35. The number of hydrogen-bond acceptors (Lipinski definition) is 5. The van der Waals surface area contributed by atoms with Crippen molar-refractivity contribution in [3.63, 3.8) is 0 Å². The van der Waals surface area contributed by atoms with Crippen molar-refractivity contribution in [1.29, 1.82) is 5.26 Å². The summed E-state index contributed by atoms with van der Waals surface area (Å²) in [6.45, 7) is 2.07. The highest BCUT2D eigenvalue weighted by Gasteiger charge is 2.44. The van der Waals surface area contributed by atoms with Crippen molar-refractivity contribution in [1.82, 2.24) is 4.98 Å². The first kappa shape index (κ1) is 26.2. The van der Waals surface area contributed by atoms with E-state index in [1.165, 1.54) is 6.42 Å². The van der Waals surface area contributed by atoms with Crippen LogP contribution in [0.1, 0.15) is 61.3 Å². The maximum atomic E-state index is 12.0. The topological polar surface area (TPSA) is 79.3 Å². The van der Waals surface area contributed by atoms with E-state index >= 15 is 0 Å². The smallest absolute Gasteiger partial charge is 0.231 e. The van der Waals surface area contributed by atoms with E-state index in [-0.39, 0.29) is 5.92 Å². The first-order chi connectivity index (χ1) is 17.3. The molecule has 1 aromatic heterocycles. The van der Waals surface area contributed by atoms with Crippen LogP contribution in [0.3, 0.4) is 0 Å². The zero-order chi connectivity index (χ0) is 25.6. The second kappa shape index (κ2) is 11.5. The number of benzene rings is 2. The number of ether oxygens (including phenoxy) is 1. The van der Waals surface area contributed by atoms with Gasteiger partial charge in [0.2, 0.25) is 5.89 Å². The van der Waals surface area contributed by atoms with Gasteiger partial charge in [0.25, 0.3) is 0 Å². The third-order valence-electron chi connectivity index (χ3n) is 7.11. The van der Waals surface area contributed by atoms with Crippen molar-refractivity contribution in [2.75, 3.05) is 27.2 Å². The number of oxazole rings is 1. The Morgan fingerprint density at radius 2 is 1.92 bits per heavy atom. The fourth-order valence-corrected chi connectivity index (χ4v) is 5.38. The molecule has 2 aromatic carbocycles. The van der Waals surface area contributed by atoms with Crippen molar-refractivity contribution in [3.8, 4) is 11.8 Å². The number of quaternary nitrogens is 1. The zero-order valence-electron chi connectivity index (χ0n) is 21.1. The van der Waals surface area contributed by atoms with Crippen molar-refractivity contribution in [3.05, 3.63) is 82.5 Å². The molecule has 1 saturated carbocycles. The molecule has 6 nitrogen and oxygen atoms in total. The van der Waals surface area contributed by atoms with Gasteiger partial charge in [-0.15, -0.1) is 0 Å². The first-order valence-corrected chi connectivity index (χ1v) is 13.1. The second-order valence-electron chi connectivity index (χ2n) is 10.4. The van der Waals surface area contributed by atoms with Crippen LogP contribution in [0.4, 0.5) is 0 Å². The molecule has 1 aliphatic rings. The Morgan fingerprint density at radius 3 is 2.61 bits per heavy atom. The van der Waals surface area contributed by atoms with Gasteiger partial charge in [0.15, 0.2) is 11.4 Å². The molecular weight excluding hydrogens is 474 g/mol. The van der Waals surface area contributed by atoms with Crippen LogP contribution in [0.15, 0.2) is 59.1 Å². The van der Waals surface area contributed by atoms with Crippen molar-refractivity contribution < 1.29 is 18.7 Å². The van der Waals surface area contributed by atoms with Gasteiger partial charge in [-0.2, -0.15) is 5.26 Å². The van der Waals surface area contributed by atoms with Gasteiger partial charge in [-0.3, -0.25) is 0 Å². The summed E-state index contributed by atoms with van der Waals surface area (Å²) in [5, 5.41) is 21.4. The predicted octanol–water partition coefficient (Wildman–Crippen LogP) is 6.06. The molecule has 3 aromatic rings. The highest BCUT2D eigenvalue weighted by atomic mass is 35.5. The summed E-state index contributed by atoms with van der Waals surface area (Å²) in [7, 11) is 4.29. The summed E-state index contributed by atoms with van der Waals surface area (Å²) in [6.07, 6.45) is 7.99. The summed E-state index contributed by atoms with van der Waals surface area (Å²) >= 11 is 6.09. The highest BCUT2D eigenvalue weighted by molar-refractivity contribution is 6.31. The molecular formula is C29H35ClN3O3+. The average Bonchev–Trinajstić information content (AvgIpc) is 3.35. The summed E-state index contributed by atoms with van der Waals surface area (Å²) in [5.41, 5.74) is 0.0720. The lowest BCUT2D eigenvalue weighted by Crippen LogP contribution is -2.40. The van der Waals surface area contributed by atoms with Crippen LogP contribution in [0.2, 0.25) is 5.02 Å². The van der Waals surface area contributed by atoms with Gasteiger partial charge in [-0.05, 0) is 30.5 Å². The van der Waals surface area contributed by atoms with Crippen molar-refractivity contribution >= 4 is 11.6 Å². The third-order valence-corrected chi connectivity index (χ3v) is 7.42. The molecule has 1 N–H and O–H groups in total. The molecule has 0 amide bonds. The maximum Gasteiger partial charge on any atom is 0.231 e. The molecule has 1 atom stereocenters. The Labute approximate surface area is 218 Å². The van der Waals surface area contributed by atoms with E-state index in [1.807, 2.05) is 30.3 Å².